The van der Waals surface area contributed by atoms with Crippen LogP contribution in [-0.4, -0.2) is 68.5 Å². The van der Waals surface area contributed by atoms with Gasteiger partial charge in [-0.2, -0.15) is 0 Å². The molecule has 1 aliphatic carbocycles. The van der Waals surface area contributed by atoms with Crippen molar-refractivity contribution in [3.05, 3.63) is 35.9 Å². The number of carbonyl (C=O) groups excluding carboxylic acids is 2. The third kappa shape index (κ3) is 9.55. The first-order valence-electron chi connectivity index (χ1n) is 15.4. The molecule has 1 saturated heterocycles. The first kappa shape index (κ1) is 31.0. The fourth-order valence-electron chi connectivity index (χ4n) is 5.97. The van der Waals surface area contributed by atoms with Crippen LogP contribution in [0.15, 0.2) is 30.3 Å². The van der Waals surface area contributed by atoms with Crippen LogP contribution in [0.25, 0.3) is 10.9 Å². The number of alkyl halides is 1. The Hall–Kier alpha value is -2.94. The van der Waals surface area contributed by atoms with Crippen LogP contribution in [0.1, 0.15) is 76.1 Å². The molecule has 9 heteroatoms. The van der Waals surface area contributed by atoms with Crippen molar-refractivity contribution in [3.63, 3.8) is 0 Å². The van der Waals surface area contributed by atoms with Gasteiger partial charge in [-0.1, -0.05) is 18.2 Å². The maximum atomic E-state index is 13.5. The number of amides is 2. The van der Waals surface area contributed by atoms with E-state index in [0.717, 1.165) is 81.3 Å². The SMILES string of the molecule is CC(C)(C)OC(=O)NC[C@H]1CC[C@H](CNC(=O)c2cc(N3CCC(CCNCCF)CC3)nc3ccccc23)CC1. The Balaban J connectivity index is 1.28. The Morgan fingerprint density at radius 3 is 2.27 bits per heavy atom. The van der Waals surface area contributed by atoms with E-state index in [0.29, 0.717) is 43.0 Å². The van der Waals surface area contributed by atoms with Gasteiger partial charge in [0, 0.05) is 38.1 Å². The number of pyridine rings is 1. The highest BCUT2D eigenvalue weighted by Crippen LogP contribution is 2.30. The molecule has 1 aliphatic heterocycles. The van der Waals surface area contributed by atoms with Gasteiger partial charge in [0.2, 0.25) is 0 Å². The zero-order valence-electron chi connectivity index (χ0n) is 25.0. The molecule has 1 aromatic heterocycles. The zero-order chi connectivity index (χ0) is 29.2. The first-order valence-corrected chi connectivity index (χ1v) is 15.4. The lowest BCUT2D eigenvalue weighted by molar-refractivity contribution is 0.0512. The van der Waals surface area contributed by atoms with Crippen molar-refractivity contribution in [2.75, 3.05) is 50.8 Å². The normalized spacial score (nSPS) is 20.1. The number of alkyl carbamates (subject to hydrolysis) is 1. The molecule has 2 fully saturated rings. The fourth-order valence-corrected chi connectivity index (χ4v) is 5.97. The Labute approximate surface area is 244 Å². The number of hydrogen-bond acceptors (Lipinski definition) is 6. The predicted octanol–water partition coefficient (Wildman–Crippen LogP) is 5.46. The van der Waals surface area contributed by atoms with Crippen LogP contribution in [0, 0.1) is 17.8 Å². The number of piperidine rings is 1. The fraction of sp³-hybridized carbons (Fsp3) is 0.656. The lowest BCUT2D eigenvalue weighted by atomic mass is 9.82. The molecular weight excluding hydrogens is 521 g/mol. The monoisotopic (exact) mass is 569 g/mol. The Morgan fingerprint density at radius 2 is 1.61 bits per heavy atom. The van der Waals surface area contributed by atoms with E-state index in [-0.39, 0.29) is 18.7 Å². The average Bonchev–Trinajstić information content (AvgIpc) is 2.96. The van der Waals surface area contributed by atoms with E-state index in [1.54, 1.807) is 0 Å². The number of rotatable bonds is 11. The molecule has 2 amide bonds. The number of ether oxygens (including phenoxy) is 1. The highest BCUT2D eigenvalue weighted by atomic mass is 19.1. The van der Waals surface area contributed by atoms with Crippen molar-refractivity contribution in [3.8, 4) is 0 Å². The van der Waals surface area contributed by atoms with E-state index in [1.165, 1.54) is 0 Å². The minimum Gasteiger partial charge on any atom is -0.444 e. The van der Waals surface area contributed by atoms with Crippen LogP contribution < -0.4 is 20.9 Å². The number of carbonyl (C=O) groups is 2. The summed E-state index contributed by atoms with van der Waals surface area (Å²) in [5, 5.41) is 10.1. The number of nitrogens with one attached hydrogen (secondary N) is 3. The summed E-state index contributed by atoms with van der Waals surface area (Å²) in [6.07, 6.45) is 6.97. The number of hydrogen-bond donors (Lipinski definition) is 3. The molecule has 2 aromatic rings. The number of anilines is 1. The molecule has 226 valence electrons. The van der Waals surface area contributed by atoms with Gasteiger partial charge in [-0.15, -0.1) is 0 Å². The van der Waals surface area contributed by atoms with Crippen molar-refractivity contribution < 1.29 is 18.7 Å². The van der Waals surface area contributed by atoms with Gasteiger partial charge < -0.3 is 25.6 Å². The van der Waals surface area contributed by atoms with Crippen LogP contribution in [0.4, 0.5) is 15.0 Å². The second-order valence-corrected chi connectivity index (χ2v) is 12.7. The summed E-state index contributed by atoms with van der Waals surface area (Å²) >= 11 is 0. The summed E-state index contributed by atoms with van der Waals surface area (Å²) in [6, 6.07) is 9.83. The molecule has 2 heterocycles. The number of halogens is 1. The van der Waals surface area contributed by atoms with E-state index in [2.05, 4.69) is 20.9 Å². The van der Waals surface area contributed by atoms with Gasteiger partial charge in [0.25, 0.3) is 5.91 Å². The van der Waals surface area contributed by atoms with Crippen LogP contribution >= 0.6 is 0 Å². The zero-order valence-corrected chi connectivity index (χ0v) is 25.0. The molecule has 4 rings (SSSR count). The minimum absolute atomic E-state index is 0.0487. The minimum atomic E-state index is -0.493. The number of aromatic nitrogens is 1. The molecule has 0 unspecified atom stereocenters. The number of fused-ring (bicyclic) bond motifs is 1. The topological polar surface area (TPSA) is 95.6 Å². The van der Waals surface area contributed by atoms with E-state index in [4.69, 9.17) is 9.72 Å². The highest BCUT2D eigenvalue weighted by Gasteiger charge is 2.25. The summed E-state index contributed by atoms with van der Waals surface area (Å²) in [4.78, 5) is 32.6. The number of benzene rings is 1. The van der Waals surface area contributed by atoms with Crippen LogP contribution in [-0.2, 0) is 4.74 Å². The van der Waals surface area contributed by atoms with Gasteiger partial charge >= 0.3 is 6.09 Å². The van der Waals surface area contributed by atoms with Crippen molar-refractivity contribution >= 4 is 28.7 Å². The van der Waals surface area contributed by atoms with Gasteiger partial charge in [-0.25, -0.2) is 14.2 Å². The van der Waals surface area contributed by atoms with Gasteiger partial charge in [0.05, 0.1) is 11.1 Å². The number of para-hydroxylation sites is 1. The van der Waals surface area contributed by atoms with Gasteiger partial charge in [0.15, 0.2) is 0 Å². The molecule has 0 bridgehead atoms. The van der Waals surface area contributed by atoms with Gasteiger partial charge in [-0.3, -0.25) is 4.79 Å². The molecule has 0 atom stereocenters. The van der Waals surface area contributed by atoms with Gasteiger partial charge in [-0.05, 0) is 102 Å². The van der Waals surface area contributed by atoms with E-state index < -0.39 is 5.60 Å². The standard InChI is InChI=1S/C32H48FN5O3/c1-32(2,3)41-31(40)36-22-25-10-8-24(9-11-25)21-35-30(39)27-20-29(37-28-7-5-4-6-26(27)28)38-18-13-23(14-19-38)12-16-34-17-15-33/h4-7,20,23-25,34H,8-19,21-22H2,1-3H3,(H,35,39)(H,36,40)/t24-,25-. The molecule has 0 radical (unpaired) electrons. The van der Waals surface area contributed by atoms with Crippen molar-refractivity contribution in [1.29, 1.82) is 0 Å². The molecule has 1 aromatic carbocycles. The van der Waals surface area contributed by atoms with E-state index in [9.17, 15) is 14.0 Å². The average molecular weight is 570 g/mol. The highest BCUT2D eigenvalue weighted by molar-refractivity contribution is 6.07. The van der Waals surface area contributed by atoms with Crippen LogP contribution in [0.3, 0.4) is 0 Å². The van der Waals surface area contributed by atoms with E-state index in [1.807, 2.05) is 51.1 Å². The molecule has 3 N–H and O–H groups in total. The Bertz CT molecular complexity index is 1140. The molecule has 0 spiro atoms. The smallest absolute Gasteiger partial charge is 0.407 e. The molecular formula is C32H48FN5O3. The second kappa shape index (κ2) is 14.8. The third-order valence-corrected chi connectivity index (χ3v) is 8.34. The molecule has 8 nitrogen and oxygen atoms in total. The molecule has 41 heavy (non-hydrogen) atoms. The first-order chi connectivity index (χ1) is 19.7. The van der Waals surface area contributed by atoms with Gasteiger partial charge in [0.1, 0.15) is 18.1 Å². The van der Waals surface area contributed by atoms with Crippen molar-refractivity contribution in [2.24, 2.45) is 17.8 Å². The third-order valence-electron chi connectivity index (χ3n) is 8.34. The van der Waals surface area contributed by atoms with Crippen LogP contribution in [0.2, 0.25) is 0 Å². The largest absolute Gasteiger partial charge is 0.444 e. The summed E-state index contributed by atoms with van der Waals surface area (Å²) in [6.45, 7) is 9.66. The predicted molar refractivity (Wildman–Crippen MR) is 162 cm³/mol. The number of nitrogens with zero attached hydrogens (tertiary/aromatic N) is 2. The quantitative estimate of drug-likeness (QED) is 0.311. The molecule has 1 saturated carbocycles. The lowest BCUT2D eigenvalue weighted by Crippen LogP contribution is -2.37. The summed E-state index contributed by atoms with van der Waals surface area (Å²) in [5.41, 5.74) is 1.03. The lowest BCUT2D eigenvalue weighted by Gasteiger charge is -2.33. The van der Waals surface area contributed by atoms with Crippen LogP contribution in [0.5, 0.6) is 0 Å². The maximum Gasteiger partial charge on any atom is 0.407 e. The molecule has 2 aliphatic rings. The maximum absolute atomic E-state index is 13.5. The Morgan fingerprint density at radius 1 is 0.951 bits per heavy atom. The van der Waals surface area contributed by atoms with E-state index >= 15 is 0 Å². The summed E-state index contributed by atoms with van der Waals surface area (Å²) in [7, 11) is 0. The second-order valence-electron chi connectivity index (χ2n) is 12.7. The van der Waals surface area contributed by atoms with Crippen molar-refractivity contribution in [1.82, 2.24) is 20.9 Å². The Kier molecular flexibility index (Phi) is 11.2. The summed E-state index contributed by atoms with van der Waals surface area (Å²) in [5.74, 6) is 2.32. The van der Waals surface area contributed by atoms with Crippen molar-refractivity contribution in [2.45, 2.75) is 71.3 Å². The summed E-state index contributed by atoms with van der Waals surface area (Å²) < 4.78 is 17.7.